The summed E-state index contributed by atoms with van der Waals surface area (Å²) in [6.07, 6.45) is 1.55. The number of nitrogens with zero attached hydrogens (tertiary/aromatic N) is 1. The van der Waals surface area contributed by atoms with Crippen molar-refractivity contribution in [3.05, 3.63) is 34.9 Å². The molecule has 3 heteroatoms. The third kappa shape index (κ3) is 0.926. The maximum atomic E-state index is 12.5. The van der Waals surface area contributed by atoms with Crippen LogP contribution in [-0.2, 0) is 6.54 Å². The molecule has 1 aliphatic rings. The molecule has 0 spiro atoms. The van der Waals surface area contributed by atoms with Crippen LogP contribution in [0.3, 0.4) is 0 Å². The average molecular weight is 153 g/mol. The van der Waals surface area contributed by atoms with E-state index in [1.165, 1.54) is 12.1 Å². The summed E-state index contributed by atoms with van der Waals surface area (Å²) in [5.74, 6) is -1.61. The highest BCUT2D eigenvalue weighted by Gasteiger charge is 2.10. The normalized spacial score (nSPS) is 13.6. The van der Waals surface area contributed by atoms with Crippen LogP contribution in [0.25, 0.3) is 0 Å². The molecule has 0 aromatic heterocycles. The van der Waals surface area contributed by atoms with Gasteiger partial charge in [0.1, 0.15) is 0 Å². The van der Waals surface area contributed by atoms with Gasteiger partial charge in [0.15, 0.2) is 11.6 Å². The number of halogens is 2. The Bertz CT molecular complexity index is 331. The lowest BCUT2D eigenvalue weighted by molar-refractivity contribution is 0.507. The topological polar surface area (TPSA) is 12.4 Å². The SMILES string of the molecule is Fc1cc2c(cc1F)CN=C2. The van der Waals surface area contributed by atoms with Gasteiger partial charge in [0.2, 0.25) is 0 Å². The highest BCUT2D eigenvalue weighted by molar-refractivity contribution is 5.84. The van der Waals surface area contributed by atoms with Gasteiger partial charge < -0.3 is 0 Å². The van der Waals surface area contributed by atoms with Crippen LogP contribution in [-0.4, -0.2) is 6.21 Å². The third-order valence-corrected chi connectivity index (χ3v) is 1.67. The fourth-order valence-corrected chi connectivity index (χ4v) is 1.10. The monoisotopic (exact) mass is 153 g/mol. The first-order chi connectivity index (χ1) is 5.27. The Morgan fingerprint density at radius 3 is 2.73 bits per heavy atom. The second-order valence-corrected chi connectivity index (χ2v) is 2.43. The average Bonchev–Trinajstić information content (AvgIpc) is 2.36. The molecule has 1 heterocycles. The lowest BCUT2D eigenvalue weighted by atomic mass is 10.1. The largest absolute Gasteiger partial charge is 0.288 e. The van der Waals surface area contributed by atoms with Crippen LogP contribution in [0.2, 0.25) is 0 Å². The molecule has 0 atom stereocenters. The van der Waals surface area contributed by atoms with E-state index in [2.05, 4.69) is 4.99 Å². The molecule has 0 bridgehead atoms. The van der Waals surface area contributed by atoms with Gasteiger partial charge in [-0.3, -0.25) is 4.99 Å². The minimum absolute atomic E-state index is 0.465. The molecule has 2 rings (SSSR count). The molecule has 0 amide bonds. The zero-order valence-electron chi connectivity index (χ0n) is 5.64. The molecule has 0 saturated heterocycles. The summed E-state index contributed by atoms with van der Waals surface area (Å²) >= 11 is 0. The van der Waals surface area contributed by atoms with Gasteiger partial charge in [-0.15, -0.1) is 0 Å². The molecular weight excluding hydrogens is 148 g/mol. The first-order valence-electron chi connectivity index (χ1n) is 3.25. The smallest absolute Gasteiger partial charge is 0.159 e. The fourth-order valence-electron chi connectivity index (χ4n) is 1.10. The minimum atomic E-state index is -0.808. The van der Waals surface area contributed by atoms with E-state index < -0.39 is 11.6 Å². The van der Waals surface area contributed by atoms with Crippen LogP contribution < -0.4 is 0 Å². The predicted octanol–water partition coefficient (Wildman–Crippen LogP) is 1.90. The van der Waals surface area contributed by atoms with Crippen LogP contribution >= 0.6 is 0 Å². The first-order valence-corrected chi connectivity index (χ1v) is 3.25. The van der Waals surface area contributed by atoms with Crippen LogP contribution in [0.15, 0.2) is 17.1 Å². The molecule has 0 saturated carbocycles. The Kier molecular flexibility index (Phi) is 1.24. The molecule has 56 valence electrons. The Labute approximate surface area is 62.4 Å². The maximum absolute atomic E-state index is 12.5. The quantitative estimate of drug-likeness (QED) is 0.539. The van der Waals surface area contributed by atoms with Gasteiger partial charge in [0.25, 0.3) is 0 Å². The molecule has 0 aliphatic carbocycles. The first kappa shape index (κ1) is 6.46. The number of hydrogen-bond acceptors (Lipinski definition) is 1. The Hall–Kier alpha value is -1.25. The molecule has 0 unspecified atom stereocenters. The molecule has 1 aromatic rings. The summed E-state index contributed by atoms with van der Waals surface area (Å²) < 4.78 is 25.1. The standard InChI is InChI=1S/C8H5F2N/c9-7-1-5-3-11-4-6(5)2-8(7)10/h1-3H,4H2. The third-order valence-electron chi connectivity index (χ3n) is 1.67. The van der Waals surface area contributed by atoms with Crippen molar-refractivity contribution >= 4 is 6.21 Å². The number of rotatable bonds is 0. The number of fused-ring (bicyclic) bond motifs is 1. The van der Waals surface area contributed by atoms with Crippen molar-refractivity contribution in [3.8, 4) is 0 Å². The van der Waals surface area contributed by atoms with Gasteiger partial charge in [-0.2, -0.15) is 0 Å². The van der Waals surface area contributed by atoms with E-state index in [-0.39, 0.29) is 0 Å². The fraction of sp³-hybridized carbons (Fsp3) is 0.125. The van der Waals surface area contributed by atoms with Crippen molar-refractivity contribution < 1.29 is 8.78 Å². The minimum Gasteiger partial charge on any atom is -0.288 e. The van der Waals surface area contributed by atoms with E-state index in [1.807, 2.05) is 0 Å². The molecule has 0 radical (unpaired) electrons. The van der Waals surface area contributed by atoms with Crippen molar-refractivity contribution in [2.45, 2.75) is 6.54 Å². The second kappa shape index (κ2) is 2.12. The molecule has 0 fully saturated rings. The van der Waals surface area contributed by atoms with Gasteiger partial charge in [-0.25, -0.2) is 8.78 Å². The van der Waals surface area contributed by atoms with Crippen molar-refractivity contribution in [2.24, 2.45) is 4.99 Å². The van der Waals surface area contributed by atoms with Gasteiger partial charge in [-0.1, -0.05) is 0 Å². The Morgan fingerprint density at radius 2 is 1.91 bits per heavy atom. The van der Waals surface area contributed by atoms with Crippen LogP contribution in [0, 0.1) is 11.6 Å². The van der Waals surface area contributed by atoms with E-state index in [0.717, 1.165) is 5.56 Å². The van der Waals surface area contributed by atoms with Gasteiger partial charge in [0, 0.05) is 11.8 Å². The maximum Gasteiger partial charge on any atom is 0.159 e. The van der Waals surface area contributed by atoms with E-state index >= 15 is 0 Å². The van der Waals surface area contributed by atoms with Crippen molar-refractivity contribution in [3.63, 3.8) is 0 Å². The lowest BCUT2D eigenvalue weighted by Gasteiger charge is -1.97. The number of hydrogen-bond donors (Lipinski definition) is 0. The number of aliphatic imine (C=N–C) groups is 1. The summed E-state index contributed by atoms with van der Waals surface area (Å²) in [5, 5.41) is 0. The molecule has 11 heavy (non-hydrogen) atoms. The van der Waals surface area contributed by atoms with E-state index in [4.69, 9.17) is 0 Å². The summed E-state index contributed by atoms with van der Waals surface area (Å²) in [4.78, 5) is 3.88. The van der Waals surface area contributed by atoms with E-state index in [1.54, 1.807) is 6.21 Å². The highest BCUT2D eigenvalue weighted by Crippen LogP contribution is 2.17. The van der Waals surface area contributed by atoms with Crippen molar-refractivity contribution in [1.29, 1.82) is 0 Å². The van der Waals surface area contributed by atoms with Crippen molar-refractivity contribution in [1.82, 2.24) is 0 Å². The number of benzene rings is 1. The van der Waals surface area contributed by atoms with Crippen LogP contribution in [0.5, 0.6) is 0 Å². The summed E-state index contributed by atoms with van der Waals surface area (Å²) in [6, 6.07) is 2.36. The second-order valence-electron chi connectivity index (χ2n) is 2.43. The predicted molar refractivity (Wildman–Crippen MR) is 37.7 cm³/mol. The molecular formula is C8H5F2N. The summed E-state index contributed by atoms with van der Waals surface area (Å²) in [7, 11) is 0. The van der Waals surface area contributed by atoms with Crippen LogP contribution in [0.1, 0.15) is 11.1 Å². The van der Waals surface area contributed by atoms with E-state index in [9.17, 15) is 8.78 Å². The molecule has 1 aliphatic heterocycles. The van der Waals surface area contributed by atoms with E-state index in [0.29, 0.717) is 12.1 Å². The van der Waals surface area contributed by atoms with Gasteiger partial charge >= 0.3 is 0 Å². The van der Waals surface area contributed by atoms with Gasteiger partial charge in [-0.05, 0) is 17.7 Å². The van der Waals surface area contributed by atoms with Crippen LogP contribution in [0.4, 0.5) is 8.78 Å². The molecule has 1 nitrogen and oxygen atoms in total. The summed E-state index contributed by atoms with van der Waals surface area (Å²) in [6.45, 7) is 0.465. The Balaban J connectivity index is 2.63. The summed E-state index contributed by atoms with van der Waals surface area (Å²) in [5.41, 5.74) is 1.44. The van der Waals surface area contributed by atoms with Crippen molar-refractivity contribution in [2.75, 3.05) is 0 Å². The highest BCUT2D eigenvalue weighted by atomic mass is 19.2. The lowest BCUT2D eigenvalue weighted by Crippen LogP contribution is -1.90. The zero-order chi connectivity index (χ0) is 7.84. The zero-order valence-corrected chi connectivity index (χ0v) is 5.64. The molecule has 0 N–H and O–H groups in total. The Morgan fingerprint density at radius 1 is 1.18 bits per heavy atom. The molecule has 1 aromatic carbocycles. The van der Waals surface area contributed by atoms with Gasteiger partial charge in [0.05, 0.1) is 6.54 Å².